The molecule has 0 amide bonds. The third-order valence-electron chi connectivity index (χ3n) is 5.55. The second kappa shape index (κ2) is 9.79. The van der Waals surface area contributed by atoms with Crippen molar-refractivity contribution in [1.82, 2.24) is 4.98 Å². The monoisotopic (exact) mass is 535 g/mol. The Morgan fingerprint density at radius 3 is 2.39 bits per heavy atom. The largest absolute Gasteiger partial charge is 0.481 e. The van der Waals surface area contributed by atoms with Gasteiger partial charge in [-0.1, -0.05) is 11.8 Å². The Kier molecular flexibility index (Phi) is 6.93. The van der Waals surface area contributed by atoms with Crippen molar-refractivity contribution in [2.24, 2.45) is 5.92 Å². The van der Waals surface area contributed by atoms with Gasteiger partial charge in [0.2, 0.25) is 0 Å². The second-order valence-electron chi connectivity index (χ2n) is 8.03. The number of aromatic nitrogens is 1. The molecule has 0 spiro atoms. The number of sulfone groups is 1. The minimum Gasteiger partial charge on any atom is -0.481 e. The highest BCUT2D eigenvalue weighted by atomic mass is 32.2. The predicted molar refractivity (Wildman–Crippen MR) is 126 cm³/mol. The van der Waals surface area contributed by atoms with Crippen LogP contribution in [0.25, 0.3) is 10.9 Å². The molecule has 11 heteroatoms. The molecule has 2 aromatic carbocycles. The molecular formula is C25H17F4NO4S2. The average molecular weight is 536 g/mol. The van der Waals surface area contributed by atoms with Gasteiger partial charge in [-0.15, -0.1) is 11.3 Å². The van der Waals surface area contributed by atoms with Gasteiger partial charge >= 0.3 is 5.97 Å². The molecule has 186 valence electrons. The summed E-state index contributed by atoms with van der Waals surface area (Å²) < 4.78 is 81.6. The van der Waals surface area contributed by atoms with Crippen molar-refractivity contribution in [3.8, 4) is 11.8 Å². The highest BCUT2D eigenvalue weighted by Gasteiger charge is 2.30. The Balaban J connectivity index is 1.58. The number of aliphatic carboxylic acids is 1. The second-order valence-corrected chi connectivity index (χ2v) is 11.4. The van der Waals surface area contributed by atoms with Crippen LogP contribution < -0.4 is 0 Å². The lowest BCUT2D eigenvalue weighted by molar-refractivity contribution is -0.140. The molecule has 4 aromatic rings. The minimum atomic E-state index is -4.08. The van der Waals surface area contributed by atoms with Crippen LogP contribution >= 0.6 is 11.3 Å². The normalized spacial score (nSPS) is 12.4. The number of fused-ring (bicyclic) bond motifs is 1. The van der Waals surface area contributed by atoms with Crippen LogP contribution in [0.1, 0.15) is 21.6 Å². The van der Waals surface area contributed by atoms with E-state index in [0.717, 1.165) is 24.5 Å². The number of carboxylic acids is 1. The van der Waals surface area contributed by atoms with Crippen molar-refractivity contribution in [2.45, 2.75) is 17.6 Å². The molecule has 0 unspecified atom stereocenters. The van der Waals surface area contributed by atoms with Crippen molar-refractivity contribution in [3.63, 3.8) is 0 Å². The molecule has 5 nitrogen and oxygen atoms in total. The number of halogens is 4. The fourth-order valence-electron chi connectivity index (χ4n) is 3.66. The molecule has 0 aliphatic carbocycles. The van der Waals surface area contributed by atoms with Crippen LogP contribution in [0.15, 0.2) is 46.8 Å². The third kappa shape index (κ3) is 5.01. The van der Waals surface area contributed by atoms with E-state index in [1.807, 2.05) is 0 Å². The lowest BCUT2D eigenvalue weighted by atomic mass is 9.99. The predicted octanol–water partition coefficient (Wildman–Crippen LogP) is 5.21. The molecule has 2 aromatic heterocycles. The molecule has 0 saturated heterocycles. The van der Waals surface area contributed by atoms with E-state index in [1.54, 1.807) is 0 Å². The van der Waals surface area contributed by atoms with Gasteiger partial charge in [0.05, 0.1) is 22.1 Å². The van der Waals surface area contributed by atoms with Gasteiger partial charge in [-0.2, -0.15) is 0 Å². The number of aromatic amines is 1. The maximum atomic E-state index is 14.7. The number of nitrogens with one attached hydrogen (secondary N) is 1. The first kappa shape index (κ1) is 25.5. The Morgan fingerprint density at radius 2 is 1.72 bits per heavy atom. The number of rotatable bonds is 6. The summed E-state index contributed by atoms with van der Waals surface area (Å²) in [6, 6.07) is 8.21. The van der Waals surface area contributed by atoms with Gasteiger partial charge in [-0.3, -0.25) is 4.79 Å². The number of carbonyl (C=O) groups is 1. The number of benzene rings is 2. The van der Waals surface area contributed by atoms with Crippen LogP contribution in [0.4, 0.5) is 17.6 Å². The van der Waals surface area contributed by atoms with Crippen molar-refractivity contribution in [2.75, 3.05) is 5.75 Å². The van der Waals surface area contributed by atoms with Crippen LogP contribution in [-0.2, 0) is 21.1 Å². The summed E-state index contributed by atoms with van der Waals surface area (Å²) in [6.45, 7) is 1.05. The van der Waals surface area contributed by atoms with Gasteiger partial charge in [0.25, 0.3) is 0 Å². The molecule has 36 heavy (non-hydrogen) atoms. The van der Waals surface area contributed by atoms with Gasteiger partial charge in [-0.25, -0.2) is 26.0 Å². The summed E-state index contributed by atoms with van der Waals surface area (Å²) in [5.74, 6) is -2.29. The fraction of sp³-hybridized carbons (Fsp3) is 0.160. The third-order valence-corrected chi connectivity index (χ3v) is 8.95. The van der Waals surface area contributed by atoms with E-state index in [1.165, 1.54) is 36.4 Å². The summed E-state index contributed by atoms with van der Waals surface area (Å²) in [4.78, 5) is 14.7. The van der Waals surface area contributed by atoms with E-state index in [4.69, 9.17) is 0 Å². The maximum Gasteiger partial charge on any atom is 0.307 e. The lowest BCUT2D eigenvalue weighted by Crippen LogP contribution is -2.25. The van der Waals surface area contributed by atoms with E-state index >= 15 is 0 Å². The molecule has 2 N–H and O–H groups in total. The number of hydrogen-bond donors (Lipinski definition) is 2. The van der Waals surface area contributed by atoms with E-state index in [2.05, 4.69) is 16.8 Å². The Bertz CT molecular complexity index is 1650. The quantitative estimate of drug-likeness (QED) is 0.202. The summed E-state index contributed by atoms with van der Waals surface area (Å²) >= 11 is 0.848. The molecule has 0 aliphatic heterocycles. The molecule has 1 atom stereocenters. The SMILES string of the molecule is Cc1c(F)c(F)c2[nH]cc(C[C@@H](CS(=O)(=O)c3ccc(C#Cc4ccc(F)cc4)s3)C(=O)O)c2c1F. The Hall–Kier alpha value is -3.62. The first-order valence-corrected chi connectivity index (χ1v) is 12.9. The molecular weight excluding hydrogens is 518 g/mol. The van der Waals surface area contributed by atoms with Crippen molar-refractivity contribution >= 4 is 38.0 Å². The Morgan fingerprint density at radius 1 is 1.03 bits per heavy atom. The standard InChI is InChI=1S/C25H17F4NO4S2/c1-13-21(27)20-15(11-30-24(20)23(29)22(13)28)10-16(25(31)32)12-36(33,34)19-9-8-18(35-19)7-4-14-2-5-17(26)6-3-14/h2-3,5-6,8-9,11,16,30H,10,12H2,1H3,(H,31,32)/t16-/m0/s1. The van der Waals surface area contributed by atoms with Crippen LogP contribution in [0.3, 0.4) is 0 Å². The molecule has 0 bridgehead atoms. The Labute approximate surface area is 207 Å². The smallest absolute Gasteiger partial charge is 0.307 e. The van der Waals surface area contributed by atoms with Crippen molar-refractivity contribution < 1.29 is 35.9 Å². The zero-order chi connectivity index (χ0) is 26.2. The number of hydrogen-bond acceptors (Lipinski definition) is 4. The van der Waals surface area contributed by atoms with Crippen LogP contribution in [0.2, 0.25) is 0 Å². The van der Waals surface area contributed by atoms with Gasteiger partial charge in [0.1, 0.15) is 15.8 Å². The molecule has 4 rings (SSSR count). The molecule has 0 fully saturated rings. The van der Waals surface area contributed by atoms with E-state index in [9.17, 15) is 35.9 Å². The summed E-state index contributed by atoms with van der Waals surface area (Å²) in [6.07, 6.45) is 0.713. The number of thiophene rings is 1. The minimum absolute atomic E-state index is 0.0177. The van der Waals surface area contributed by atoms with E-state index in [-0.39, 0.29) is 15.2 Å². The molecule has 0 aliphatic rings. The molecule has 2 heterocycles. The fourth-order valence-corrected chi connectivity index (χ4v) is 6.46. The average Bonchev–Trinajstić information content (AvgIpc) is 3.48. The number of H-pyrrole nitrogens is 1. The zero-order valence-electron chi connectivity index (χ0n) is 18.5. The van der Waals surface area contributed by atoms with E-state index < -0.39 is 68.2 Å². The summed E-state index contributed by atoms with van der Waals surface area (Å²) in [7, 11) is -4.08. The van der Waals surface area contributed by atoms with Crippen LogP contribution in [-0.4, -0.2) is 30.2 Å². The van der Waals surface area contributed by atoms with Gasteiger partial charge in [0, 0.05) is 22.7 Å². The van der Waals surface area contributed by atoms with Gasteiger partial charge in [-0.05, 0) is 55.3 Å². The molecule has 0 radical (unpaired) electrons. The van der Waals surface area contributed by atoms with Crippen molar-refractivity contribution in [1.29, 1.82) is 0 Å². The summed E-state index contributed by atoms with van der Waals surface area (Å²) in [5.41, 5.74) is -0.477. The highest BCUT2D eigenvalue weighted by molar-refractivity contribution is 7.93. The maximum absolute atomic E-state index is 14.7. The van der Waals surface area contributed by atoms with Gasteiger partial charge < -0.3 is 10.1 Å². The topological polar surface area (TPSA) is 87.2 Å². The first-order chi connectivity index (χ1) is 17.0. The van der Waals surface area contributed by atoms with Gasteiger partial charge in [0.15, 0.2) is 21.5 Å². The zero-order valence-corrected chi connectivity index (χ0v) is 20.2. The van der Waals surface area contributed by atoms with Crippen LogP contribution in [0, 0.1) is 48.0 Å². The number of carboxylic acid groups (broad SMARTS) is 1. The molecule has 0 saturated carbocycles. The lowest BCUT2D eigenvalue weighted by Gasteiger charge is -2.12. The highest BCUT2D eigenvalue weighted by Crippen LogP contribution is 2.32. The van der Waals surface area contributed by atoms with Crippen molar-refractivity contribution in [3.05, 3.63) is 87.4 Å². The van der Waals surface area contributed by atoms with Crippen LogP contribution in [0.5, 0.6) is 0 Å². The van der Waals surface area contributed by atoms with E-state index in [0.29, 0.717) is 10.4 Å². The first-order valence-electron chi connectivity index (χ1n) is 10.4. The summed E-state index contributed by atoms with van der Waals surface area (Å²) in [5, 5.41) is 9.35.